The molecule has 10 nitrogen and oxygen atoms in total. The van der Waals surface area contributed by atoms with E-state index >= 15 is 0 Å². The Morgan fingerprint density at radius 1 is 0.333 bits per heavy atom. The van der Waals surface area contributed by atoms with Crippen molar-refractivity contribution in [2.24, 2.45) is 65.1 Å². The molecule has 5 saturated heterocycles. The minimum absolute atomic E-state index is 0.00393. The quantitative estimate of drug-likeness (QED) is 0.160. The maximum Gasteiger partial charge on any atom is 0.184 e. The van der Waals surface area contributed by atoms with E-state index in [0.717, 1.165) is 37.7 Å². The minimum Gasteiger partial charge on any atom is -0.349 e. The third-order valence-corrected chi connectivity index (χ3v) is 17.0. The zero-order valence-corrected chi connectivity index (χ0v) is 42.1. The standard InChI is InChI=1S/C53H90O10/c1-17-40-29(7)28(6)32(10)49(55-40)60-45-33(11)42(19-3)56-50(36(45)14)61-46-34(12)43(20-4)57-51(37(46)15)62-47-35(13)44(21-5)58-52(38(47)16)63-48-31(9)30(8)41(18-2)59-53(48)54-27-39-25-23-22-24-26-39/h22-26,28-38,40-53H,17-21,27H2,1-16H3/t28-,29+,30+,31-,32?,33-,34-,35-,36?,37?,38?,40?,41?,42?,43?,44?,45-,46-,47-,48?,49-,50-,51-,52-,53+/m0/s1. The molecule has 1 aromatic rings. The predicted molar refractivity (Wildman–Crippen MR) is 246 cm³/mol. The SMILES string of the molecule is CCC1O[C@@H](O[C@@H]2C(C)[C@H](O[C@@H]3C(C)[C@H](O[C@@H]4C(C)[C@H](OC5[C@H](OCc6ccccc6)OC(CC)[C@H](C)[C@@H]5C)OC(CC)[C@@H]4C)OC(CC)[C@@H]3C)OC(CC)[C@@H]2C)C(C)[C@@H](C)[C@H]1C. The van der Waals surface area contributed by atoms with Gasteiger partial charge in [0.15, 0.2) is 31.5 Å². The molecule has 5 aliphatic heterocycles. The highest BCUT2D eigenvalue weighted by Gasteiger charge is 2.53. The van der Waals surface area contributed by atoms with Crippen molar-refractivity contribution in [2.45, 2.75) is 236 Å². The molecule has 10 unspecified atom stereocenters. The van der Waals surface area contributed by atoms with Gasteiger partial charge in [-0.15, -0.1) is 0 Å². The second-order valence-electron chi connectivity index (χ2n) is 20.9. The Labute approximate surface area is 383 Å². The molecule has 0 bridgehead atoms. The average Bonchev–Trinajstić information content (AvgIpc) is 3.28. The van der Waals surface area contributed by atoms with Gasteiger partial charge in [0, 0.05) is 41.4 Å². The van der Waals surface area contributed by atoms with E-state index in [1.165, 1.54) is 0 Å². The van der Waals surface area contributed by atoms with Crippen LogP contribution in [0, 0.1) is 65.1 Å². The van der Waals surface area contributed by atoms with E-state index in [4.69, 9.17) is 47.4 Å². The van der Waals surface area contributed by atoms with Gasteiger partial charge in [0.1, 0.15) is 6.10 Å². The van der Waals surface area contributed by atoms with Gasteiger partial charge in [-0.2, -0.15) is 0 Å². The molecule has 6 rings (SSSR count). The van der Waals surface area contributed by atoms with Crippen molar-refractivity contribution < 1.29 is 47.4 Å². The van der Waals surface area contributed by atoms with Crippen molar-refractivity contribution in [3.05, 3.63) is 35.9 Å². The lowest BCUT2D eigenvalue weighted by Gasteiger charge is -2.52. The first-order valence-electron chi connectivity index (χ1n) is 25.6. The van der Waals surface area contributed by atoms with Gasteiger partial charge in [-0.3, -0.25) is 0 Å². The number of benzene rings is 1. The van der Waals surface area contributed by atoms with Crippen LogP contribution in [0.5, 0.6) is 0 Å². The van der Waals surface area contributed by atoms with Crippen LogP contribution in [0.4, 0.5) is 0 Å². The second-order valence-corrected chi connectivity index (χ2v) is 20.9. The molecule has 63 heavy (non-hydrogen) atoms. The summed E-state index contributed by atoms with van der Waals surface area (Å²) in [6.07, 6.45) is 1.76. The largest absolute Gasteiger partial charge is 0.349 e. The summed E-state index contributed by atoms with van der Waals surface area (Å²) in [5, 5.41) is 0. The van der Waals surface area contributed by atoms with Crippen LogP contribution in [0.3, 0.4) is 0 Å². The lowest BCUT2D eigenvalue weighted by Crippen LogP contribution is -2.59. The highest BCUT2D eigenvalue weighted by Crippen LogP contribution is 2.45. The smallest absolute Gasteiger partial charge is 0.184 e. The van der Waals surface area contributed by atoms with Crippen molar-refractivity contribution in [3.8, 4) is 0 Å². The molecule has 0 amide bonds. The van der Waals surface area contributed by atoms with Crippen LogP contribution in [0.2, 0.25) is 0 Å². The van der Waals surface area contributed by atoms with Crippen molar-refractivity contribution >= 4 is 0 Å². The van der Waals surface area contributed by atoms with Gasteiger partial charge in [0.05, 0.1) is 55.4 Å². The Balaban J connectivity index is 1.19. The third kappa shape index (κ3) is 11.1. The van der Waals surface area contributed by atoms with Gasteiger partial charge in [-0.05, 0) is 61.3 Å². The molecule has 5 aliphatic rings. The van der Waals surface area contributed by atoms with E-state index in [0.29, 0.717) is 30.3 Å². The Morgan fingerprint density at radius 2 is 0.651 bits per heavy atom. The van der Waals surface area contributed by atoms with Crippen molar-refractivity contribution in [1.82, 2.24) is 0 Å². The van der Waals surface area contributed by atoms with Crippen molar-refractivity contribution in [2.75, 3.05) is 0 Å². The van der Waals surface area contributed by atoms with Crippen LogP contribution in [0.15, 0.2) is 30.3 Å². The van der Waals surface area contributed by atoms with Crippen LogP contribution in [-0.2, 0) is 54.0 Å². The lowest BCUT2D eigenvalue weighted by molar-refractivity contribution is -0.368. The number of rotatable bonds is 16. The zero-order valence-electron chi connectivity index (χ0n) is 42.1. The summed E-state index contributed by atoms with van der Waals surface area (Å²) in [5.41, 5.74) is 1.11. The maximum absolute atomic E-state index is 7.29. The summed E-state index contributed by atoms with van der Waals surface area (Å²) in [7, 11) is 0. The number of hydrogen-bond acceptors (Lipinski definition) is 10. The van der Waals surface area contributed by atoms with Gasteiger partial charge in [0.2, 0.25) is 0 Å². The molecule has 0 N–H and O–H groups in total. The second kappa shape index (κ2) is 22.7. The molecular formula is C53H90O10. The molecule has 10 heteroatoms. The molecule has 0 aromatic heterocycles. The maximum atomic E-state index is 7.29. The average molecular weight is 887 g/mol. The van der Waals surface area contributed by atoms with E-state index in [9.17, 15) is 0 Å². The summed E-state index contributed by atoms with van der Waals surface area (Å²) in [4.78, 5) is 0. The Kier molecular flexibility index (Phi) is 18.5. The molecule has 0 radical (unpaired) electrons. The highest BCUT2D eigenvalue weighted by molar-refractivity contribution is 5.13. The first-order valence-corrected chi connectivity index (χ1v) is 25.6. The highest BCUT2D eigenvalue weighted by atomic mass is 16.7. The molecule has 362 valence electrons. The molecule has 5 heterocycles. The van der Waals surface area contributed by atoms with E-state index in [2.05, 4.69) is 123 Å². The summed E-state index contributed by atoms with van der Waals surface area (Å²) in [5.74, 6) is 2.06. The minimum atomic E-state index is -0.522. The monoisotopic (exact) mass is 887 g/mol. The predicted octanol–water partition coefficient (Wildman–Crippen LogP) is 11.4. The zero-order chi connectivity index (χ0) is 45.9. The van der Waals surface area contributed by atoms with Crippen LogP contribution in [0.25, 0.3) is 0 Å². The fourth-order valence-corrected chi connectivity index (χ4v) is 11.9. The van der Waals surface area contributed by atoms with Crippen LogP contribution in [0.1, 0.15) is 148 Å². The molecule has 0 saturated carbocycles. The molecule has 5 fully saturated rings. The number of ether oxygens (including phenoxy) is 10. The topological polar surface area (TPSA) is 92.3 Å². The molecular weight excluding hydrogens is 797 g/mol. The number of hydrogen-bond donors (Lipinski definition) is 0. The molecule has 0 aliphatic carbocycles. The van der Waals surface area contributed by atoms with Crippen molar-refractivity contribution in [3.63, 3.8) is 0 Å². The first kappa shape index (κ1) is 51.2. The van der Waals surface area contributed by atoms with E-state index in [1.54, 1.807) is 0 Å². The van der Waals surface area contributed by atoms with Crippen LogP contribution >= 0.6 is 0 Å². The van der Waals surface area contributed by atoms with Crippen LogP contribution < -0.4 is 0 Å². The van der Waals surface area contributed by atoms with Gasteiger partial charge < -0.3 is 47.4 Å². The van der Waals surface area contributed by atoms with Gasteiger partial charge >= 0.3 is 0 Å². The summed E-state index contributed by atoms with van der Waals surface area (Å²) < 4.78 is 69.4. The Bertz CT molecular complexity index is 1500. The van der Waals surface area contributed by atoms with Crippen LogP contribution in [-0.4, -0.2) is 86.4 Å². The van der Waals surface area contributed by atoms with Gasteiger partial charge in [-0.1, -0.05) is 141 Å². The van der Waals surface area contributed by atoms with Gasteiger partial charge in [0.25, 0.3) is 0 Å². The fourth-order valence-electron chi connectivity index (χ4n) is 11.9. The summed E-state index contributed by atoms with van der Waals surface area (Å²) >= 11 is 0. The third-order valence-electron chi connectivity index (χ3n) is 17.0. The lowest BCUT2D eigenvalue weighted by atomic mass is 9.78. The summed E-state index contributed by atoms with van der Waals surface area (Å²) in [6, 6.07) is 10.3. The normalized spacial score (nSPS) is 48.5. The van der Waals surface area contributed by atoms with Gasteiger partial charge in [-0.25, -0.2) is 0 Å². The Hall–Kier alpha value is -1.18. The molecule has 1 aromatic carbocycles. The van der Waals surface area contributed by atoms with E-state index in [-0.39, 0.29) is 103 Å². The molecule has 25 atom stereocenters. The van der Waals surface area contributed by atoms with E-state index < -0.39 is 25.2 Å². The summed E-state index contributed by atoms with van der Waals surface area (Å²) in [6.45, 7) is 36.4. The van der Waals surface area contributed by atoms with E-state index in [1.807, 2.05) is 18.2 Å². The Morgan fingerprint density at radius 3 is 1.03 bits per heavy atom. The van der Waals surface area contributed by atoms with Crippen molar-refractivity contribution in [1.29, 1.82) is 0 Å². The first-order chi connectivity index (χ1) is 30.1. The molecule has 0 spiro atoms. The fraction of sp³-hybridized carbons (Fsp3) is 0.887.